The predicted octanol–water partition coefficient (Wildman–Crippen LogP) is 1.62. The molecule has 110 valence electrons. The zero-order valence-electron chi connectivity index (χ0n) is 12.0. The fraction of sp³-hybridized carbons (Fsp3) is 0.643. The lowest BCUT2D eigenvalue weighted by atomic mass is 9.95. The van der Waals surface area contributed by atoms with Crippen molar-refractivity contribution >= 4 is 17.7 Å². The van der Waals surface area contributed by atoms with E-state index in [0.717, 1.165) is 18.5 Å². The number of rotatable bonds is 5. The van der Waals surface area contributed by atoms with Gasteiger partial charge in [0.1, 0.15) is 5.82 Å². The van der Waals surface area contributed by atoms with Crippen LogP contribution in [0.4, 0.5) is 11.8 Å². The van der Waals surface area contributed by atoms with Crippen molar-refractivity contribution in [2.75, 3.05) is 17.6 Å². The second-order valence-corrected chi connectivity index (χ2v) is 5.33. The summed E-state index contributed by atoms with van der Waals surface area (Å²) in [5.74, 6) is 1.02. The van der Waals surface area contributed by atoms with Crippen molar-refractivity contribution in [2.24, 2.45) is 0 Å². The molecule has 6 heteroatoms. The minimum Gasteiger partial charge on any atom is -0.369 e. The Morgan fingerprint density at radius 2 is 2.10 bits per heavy atom. The number of amides is 1. The SMILES string of the molecule is Cc1cc(NCCC(=O)NC2CCCCC2)nc(N)n1. The summed E-state index contributed by atoms with van der Waals surface area (Å²) in [5.41, 5.74) is 6.38. The van der Waals surface area contributed by atoms with E-state index in [1.807, 2.05) is 13.0 Å². The zero-order valence-corrected chi connectivity index (χ0v) is 12.0. The number of nitrogens with zero attached hydrogens (tertiary/aromatic N) is 2. The van der Waals surface area contributed by atoms with E-state index in [-0.39, 0.29) is 11.9 Å². The van der Waals surface area contributed by atoms with Gasteiger partial charge in [-0.2, -0.15) is 4.98 Å². The number of nitrogens with one attached hydrogen (secondary N) is 2. The van der Waals surface area contributed by atoms with Crippen molar-refractivity contribution in [1.82, 2.24) is 15.3 Å². The van der Waals surface area contributed by atoms with Gasteiger partial charge in [0, 0.05) is 30.8 Å². The number of carbonyl (C=O) groups is 1. The van der Waals surface area contributed by atoms with Crippen LogP contribution in [-0.2, 0) is 4.79 Å². The standard InChI is InChI=1S/C14H23N5O/c1-10-9-12(19-14(15)17-10)16-8-7-13(20)18-11-5-3-2-4-6-11/h9,11H,2-8H2,1H3,(H,18,20)(H3,15,16,17,19). The quantitative estimate of drug-likeness (QED) is 0.760. The molecule has 1 saturated carbocycles. The molecule has 4 N–H and O–H groups in total. The first kappa shape index (κ1) is 14.6. The van der Waals surface area contributed by atoms with Gasteiger partial charge in [0.15, 0.2) is 0 Å². The van der Waals surface area contributed by atoms with Crippen LogP contribution < -0.4 is 16.4 Å². The van der Waals surface area contributed by atoms with Crippen LogP contribution in [0.1, 0.15) is 44.2 Å². The van der Waals surface area contributed by atoms with Crippen LogP contribution in [-0.4, -0.2) is 28.5 Å². The van der Waals surface area contributed by atoms with Crippen molar-refractivity contribution in [3.8, 4) is 0 Å². The maximum atomic E-state index is 11.8. The Morgan fingerprint density at radius 1 is 1.35 bits per heavy atom. The van der Waals surface area contributed by atoms with Crippen molar-refractivity contribution in [1.29, 1.82) is 0 Å². The summed E-state index contributed by atoms with van der Waals surface area (Å²) in [7, 11) is 0. The summed E-state index contributed by atoms with van der Waals surface area (Å²) < 4.78 is 0. The van der Waals surface area contributed by atoms with Gasteiger partial charge in [-0.25, -0.2) is 4.98 Å². The summed E-state index contributed by atoms with van der Waals surface area (Å²) >= 11 is 0. The summed E-state index contributed by atoms with van der Waals surface area (Å²) in [6, 6.07) is 2.18. The molecule has 0 radical (unpaired) electrons. The Kier molecular flexibility index (Phi) is 5.15. The van der Waals surface area contributed by atoms with E-state index in [1.54, 1.807) is 0 Å². The van der Waals surface area contributed by atoms with Crippen LogP contribution >= 0.6 is 0 Å². The lowest BCUT2D eigenvalue weighted by molar-refractivity contribution is -0.121. The average molecular weight is 277 g/mol. The molecule has 1 fully saturated rings. The van der Waals surface area contributed by atoms with Gasteiger partial charge in [-0.3, -0.25) is 4.79 Å². The summed E-state index contributed by atoms with van der Waals surface area (Å²) in [6.45, 7) is 2.41. The fourth-order valence-electron chi connectivity index (χ4n) is 2.53. The number of nitrogen functional groups attached to an aromatic ring is 1. The maximum Gasteiger partial charge on any atom is 0.222 e. The normalized spacial score (nSPS) is 15.8. The highest BCUT2D eigenvalue weighted by atomic mass is 16.1. The van der Waals surface area contributed by atoms with E-state index in [2.05, 4.69) is 20.6 Å². The van der Waals surface area contributed by atoms with E-state index >= 15 is 0 Å². The van der Waals surface area contributed by atoms with Gasteiger partial charge in [0.05, 0.1) is 0 Å². The van der Waals surface area contributed by atoms with E-state index in [9.17, 15) is 4.79 Å². The van der Waals surface area contributed by atoms with Gasteiger partial charge in [-0.15, -0.1) is 0 Å². The highest BCUT2D eigenvalue weighted by Gasteiger charge is 2.15. The third-order valence-corrected chi connectivity index (χ3v) is 3.50. The third-order valence-electron chi connectivity index (χ3n) is 3.50. The number of hydrogen-bond acceptors (Lipinski definition) is 5. The highest BCUT2D eigenvalue weighted by molar-refractivity contribution is 5.76. The van der Waals surface area contributed by atoms with Crippen LogP contribution in [0.15, 0.2) is 6.07 Å². The molecule has 20 heavy (non-hydrogen) atoms. The molecule has 0 aromatic carbocycles. The van der Waals surface area contributed by atoms with Gasteiger partial charge in [0.25, 0.3) is 0 Å². The molecule has 0 spiro atoms. The smallest absolute Gasteiger partial charge is 0.222 e. The van der Waals surface area contributed by atoms with E-state index < -0.39 is 0 Å². The van der Waals surface area contributed by atoms with Crippen LogP contribution in [0.25, 0.3) is 0 Å². The van der Waals surface area contributed by atoms with E-state index in [0.29, 0.717) is 24.8 Å². The van der Waals surface area contributed by atoms with Gasteiger partial charge in [-0.1, -0.05) is 19.3 Å². The van der Waals surface area contributed by atoms with E-state index in [1.165, 1.54) is 19.3 Å². The van der Waals surface area contributed by atoms with E-state index in [4.69, 9.17) is 5.73 Å². The molecule has 0 saturated heterocycles. The molecule has 0 unspecified atom stereocenters. The van der Waals surface area contributed by atoms with Crippen molar-refractivity contribution < 1.29 is 4.79 Å². The molecule has 0 atom stereocenters. The highest BCUT2D eigenvalue weighted by Crippen LogP contribution is 2.17. The van der Waals surface area contributed by atoms with Crippen molar-refractivity contribution in [3.63, 3.8) is 0 Å². The Hall–Kier alpha value is -1.85. The van der Waals surface area contributed by atoms with Gasteiger partial charge in [-0.05, 0) is 19.8 Å². The number of nitrogens with two attached hydrogens (primary N) is 1. The maximum absolute atomic E-state index is 11.8. The van der Waals surface area contributed by atoms with Crippen LogP contribution in [0.5, 0.6) is 0 Å². The summed E-state index contributed by atoms with van der Waals surface area (Å²) in [4.78, 5) is 19.9. The number of anilines is 2. The molecule has 1 aromatic heterocycles. The molecule has 0 bridgehead atoms. The second-order valence-electron chi connectivity index (χ2n) is 5.33. The predicted molar refractivity (Wildman–Crippen MR) is 79.3 cm³/mol. The first-order chi connectivity index (χ1) is 9.63. The molecule has 1 amide bonds. The first-order valence-electron chi connectivity index (χ1n) is 7.28. The van der Waals surface area contributed by atoms with Gasteiger partial charge >= 0.3 is 0 Å². The topological polar surface area (TPSA) is 92.9 Å². The molecular formula is C14H23N5O. The number of aryl methyl sites for hydroxylation is 1. The Labute approximate surface area is 119 Å². The molecule has 1 heterocycles. The second kappa shape index (κ2) is 7.07. The number of aromatic nitrogens is 2. The number of carbonyl (C=O) groups excluding carboxylic acids is 1. The molecule has 0 aliphatic heterocycles. The molecule has 1 aliphatic rings. The summed E-state index contributed by atoms with van der Waals surface area (Å²) in [5, 5.41) is 6.19. The van der Waals surface area contributed by atoms with Crippen LogP contribution in [0, 0.1) is 6.92 Å². The summed E-state index contributed by atoms with van der Waals surface area (Å²) in [6.07, 6.45) is 6.41. The Balaban J connectivity index is 1.70. The number of hydrogen-bond donors (Lipinski definition) is 3. The molecule has 6 nitrogen and oxygen atoms in total. The fourth-order valence-corrected chi connectivity index (χ4v) is 2.53. The van der Waals surface area contributed by atoms with Gasteiger partial charge < -0.3 is 16.4 Å². The molecular weight excluding hydrogens is 254 g/mol. The largest absolute Gasteiger partial charge is 0.369 e. The Bertz CT molecular complexity index is 437. The monoisotopic (exact) mass is 277 g/mol. The van der Waals surface area contributed by atoms with Crippen molar-refractivity contribution in [2.45, 2.75) is 51.5 Å². The minimum absolute atomic E-state index is 0.100. The average Bonchev–Trinajstić information content (AvgIpc) is 2.38. The third kappa shape index (κ3) is 4.68. The molecule has 2 rings (SSSR count). The van der Waals surface area contributed by atoms with Crippen LogP contribution in [0.3, 0.4) is 0 Å². The Morgan fingerprint density at radius 3 is 2.80 bits per heavy atom. The van der Waals surface area contributed by atoms with Crippen molar-refractivity contribution in [3.05, 3.63) is 11.8 Å². The minimum atomic E-state index is 0.100. The molecule has 1 aliphatic carbocycles. The molecule has 1 aromatic rings. The lowest BCUT2D eigenvalue weighted by Crippen LogP contribution is -2.36. The van der Waals surface area contributed by atoms with Gasteiger partial charge in [0.2, 0.25) is 11.9 Å². The lowest BCUT2D eigenvalue weighted by Gasteiger charge is -2.22. The van der Waals surface area contributed by atoms with Crippen LogP contribution in [0.2, 0.25) is 0 Å². The zero-order chi connectivity index (χ0) is 14.4. The first-order valence-corrected chi connectivity index (χ1v) is 7.28.